The Hall–Kier alpha value is -2.64. The standard InChI is InChI=1S/C20H24N2O5/c23-19(21-9-11-25-12-10-21)16-26-14-18-7-4-8-22(13-18)20(24)27-15-17-5-2-1-3-6-17/h1-8H,9-16H2. The largest absolute Gasteiger partial charge is 0.444 e. The summed E-state index contributed by atoms with van der Waals surface area (Å²) < 4.78 is 16.1. The molecule has 2 heterocycles. The lowest BCUT2D eigenvalue weighted by molar-refractivity contribution is -0.139. The van der Waals surface area contributed by atoms with Crippen molar-refractivity contribution in [3.8, 4) is 0 Å². The maximum absolute atomic E-state index is 12.2. The predicted molar refractivity (Wildman–Crippen MR) is 98.8 cm³/mol. The Morgan fingerprint density at radius 2 is 1.85 bits per heavy atom. The van der Waals surface area contributed by atoms with E-state index in [1.54, 1.807) is 17.2 Å². The zero-order valence-corrected chi connectivity index (χ0v) is 15.2. The van der Waals surface area contributed by atoms with Gasteiger partial charge >= 0.3 is 6.09 Å². The van der Waals surface area contributed by atoms with Gasteiger partial charge in [-0.1, -0.05) is 36.4 Å². The van der Waals surface area contributed by atoms with Crippen LogP contribution in [0, 0.1) is 0 Å². The van der Waals surface area contributed by atoms with Gasteiger partial charge in [-0.25, -0.2) is 4.79 Å². The number of carbonyl (C=O) groups is 2. The first-order valence-corrected chi connectivity index (χ1v) is 8.99. The van der Waals surface area contributed by atoms with Crippen LogP contribution in [0.5, 0.6) is 0 Å². The fourth-order valence-electron chi connectivity index (χ4n) is 2.80. The number of morpholine rings is 1. The smallest absolute Gasteiger partial charge is 0.414 e. The van der Waals surface area contributed by atoms with Crippen LogP contribution in [-0.2, 0) is 25.6 Å². The molecule has 0 bridgehead atoms. The molecule has 0 radical (unpaired) electrons. The van der Waals surface area contributed by atoms with Crippen LogP contribution in [-0.4, -0.2) is 67.9 Å². The molecule has 1 fully saturated rings. The molecule has 7 nitrogen and oxygen atoms in total. The maximum atomic E-state index is 12.2. The third kappa shape index (κ3) is 5.94. The van der Waals surface area contributed by atoms with E-state index in [-0.39, 0.29) is 19.1 Å². The van der Waals surface area contributed by atoms with Crippen molar-refractivity contribution in [3.63, 3.8) is 0 Å². The van der Waals surface area contributed by atoms with E-state index in [9.17, 15) is 9.59 Å². The first-order chi connectivity index (χ1) is 13.2. The summed E-state index contributed by atoms with van der Waals surface area (Å²) in [5.74, 6) is -0.0376. The van der Waals surface area contributed by atoms with Gasteiger partial charge in [-0.2, -0.15) is 0 Å². The average molecular weight is 372 g/mol. The van der Waals surface area contributed by atoms with Crippen molar-refractivity contribution in [3.05, 3.63) is 59.8 Å². The zero-order valence-electron chi connectivity index (χ0n) is 15.2. The fourth-order valence-corrected chi connectivity index (χ4v) is 2.80. The minimum absolute atomic E-state index is 0.0273. The molecule has 0 N–H and O–H groups in total. The van der Waals surface area contributed by atoms with E-state index in [2.05, 4.69) is 0 Å². The number of nitrogens with zero attached hydrogens (tertiary/aromatic N) is 2. The van der Waals surface area contributed by atoms with E-state index < -0.39 is 6.09 Å². The quantitative estimate of drug-likeness (QED) is 0.764. The molecular formula is C20H24N2O5. The highest BCUT2D eigenvalue weighted by Gasteiger charge is 2.19. The van der Waals surface area contributed by atoms with Gasteiger partial charge in [0, 0.05) is 19.3 Å². The predicted octanol–water partition coefficient (Wildman–Crippen LogP) is 1.95. The first-order valence-electron chi connectivity index (χ1n) is 8.99. The number of benzene rings is 1. The number of ether oxygens (including phenoxy) is 3. The molecule has 3 rings (SSSR count). The van der Waals surface area contributed by atoms with Crippen LogP contribution in [0.1, 0.15) is 5.56 Å². The highest BCUT2D eigenvalue weighted by atomic mass is 16.6. The van der Waals surface area contributed by atoms with Crippen LogP contribution in [0.15, 0.2) is 54.3 Å². The maximum Gasteiger partial charge on any atom is 0.414 e. The second kappa shape index (κ2) is 9.89. The topological polar surface area (TPSA) is 68.3 Å². The molecule has 0 unspecified atom stereocenters. The van der Waals surface area contributed by atoms with Crippen LogP contribution in [0.2, 0.25) is 0 Å². The summed E-state index contributed by atoms with van der Waals surface area (Å²) in [6, 6.07) is 9.54. The molecule has 27 heavy (non-hydrogen) atoms. The number of rotatable bonds is 6. The van der Waals surface area contributed by atoms with Crippen molar-refractivity contribution < 1.29 is 23.8 Å². The molecule has 1 aromatic rings. The van der Waals surface area contributed by atoms with Crippen molar-refractivity contribution in [2.75, 3.05) is 46.1 Å². The molecule has 0 saturated carbocycles. The Kier molecular flexibility index (Phi) is 7.01. The third-order valence-corrected chi connectivity index (χ3v) is 4.29. The van der Waals surface area contributed by atoms with E-state index >= 15 is 0 Å². The van der Waals surface area contributed by atoms with Crippen LogP contribution >= 0.6 is 0 Å². The number of amides is 2. The van der Waals surface area contributed by atoms with Crippen LogP contribution in [0.3, 0.4) is 0 Å². The van der Waals surface area contributed by atoms with Gasteiger partial charge in [0.25, 0.3) is 0 Å². The summed E-state index contributed by atoms with van der Waals surface area (Å²) in [5, 5.41) is 0. The third-order valence-electron chi connectivity index (χ3n) is 4.29. The van der Waals surface area contributed by atoms with Gasteiger partial charge in [0.1, 0.15) is 13.2 Å². The van der Waals surface area contributed by atoms with E-state index in [0.29, 0.717) is 39.5 Å². The summed E-state index contributed by atoms with van der Waals surface area (Å²) >= 11 is 0. The molecular weight excluding hydrogens is 348 g/mol. The van der Waals surface area contributed by atoms with Gasteiger partial charge < -0.3 is 19.1 Å². The molecule has 0 atom stereocenters. The van der Waals surface area contributed by atoms with Crippen molar-refractivity contribution in [1.29, 1.82) is 0 Å². The molecule has 0 spiro atoms. The molecule has 2 aliphatic rings. The molecule has 1 aromatic carbocycles. The highest BCUT2D eigenvalue weighted by molar-refractivity contribution is 5.77. The summed E-state index contributed by atoms with van der Waals surface area (Å²) in [4.78, 5) is 27.5. The number of carbonyl (C=O) groups excluding carboxylic acids is 2. The minimum atomic E-state index is -0.412. The summed E-state index contributed by atoms with van der Waals surface area (Å²) in [7, 11) is 0. The molecule has 7 heteroatoms. The Bertz CT molecular complexity index is 696. The van der Waals surface area contributed by atoms with Gasteiger partial charge in [0.2, 0.25) is 5.91 Å². The number of hydrogen-bond acceptors (Lipinski definition) is 5. The Balaban J connectivity index is 1.38. The molecule has 2 amide bonds. The Labute approximate surface area is 158 Å². The van der Waals surface area contributed by atoms with Crippen molar-refractivity contribution in [2.45, 2.75) is 6.61 Å². The lowest BCUT2D eigenvalue weighted by atomic mass is 10.2. The summed E-state index contributed by atoms with van der Waals surface area (Å²) in [5.41, 5.74) is 1.84. The minimum Gasteiger partial charge on any atom is -0.444 e. The molecule has 0 aliphatic carbocycles. The number of allylic oxidation sites excluding steroid dienone is 2. The fraction of sp³-hybridized carbons (Fsp3) is 0.400. The lowest BCUT2D eigenvalue weighted by Crippen LogP contribution is -2.42. The summed E-state index contributed by atoms with van der Waals surface area (Å²) in [6.45, 7) is 3.29. The Morgan fingerprint density at radius 3 is 2.63 bits per heavy atom. The van der Waals surface area contributed by atoms with E-state index in [4.69, 9.17) is 14.2 Å². The van der Waals surface area contributed by atoms with Crippen molar-refractivity contribution >= 4 is 12.0 Å². The normalized spacial score (nSPS) is 16.8. The second-order valence-electron chi connectivity index (χ2n) is 6.32. The van der Waals surface area contributed by atoms with Crippen LogP contribution < -0.4 is 0 Å². The Morgan fingerprint density at radius 1 is 1.07 bits per heavy atom. The van der Waals surface area contributed by atoms with Gasteiger partial charge in [-0.05, 0) is 17.2 Å². The average Bonchev–Trinajstić information content (AvgIpc) is 2.73. The molecule has 1 saturated heterocycles. The van der Waals surface area contributed by atoms with Gasteiger partial charge in [-0.15, -0.1) is 0 Å². The van der Waals surface area contributed by atoms with Crippen molar-refractivity contribution in [1.82, 2.24) is 9.80 Å². The number of hydrogen-bond donors (Lipinski definition) is 0. The monoisotopic (exact) mass is 372 g/mol. The van der Waals surface area contributed by atoms with E-state index in [1.807, 2.05) is 36.4 Å². The molecule has 144 valence electrons. The van der Waals surface area contributed by atoms with Crippen LogP contribution in [0.4, 0.5) is 4.79 Å². The molecule has 2 aliphatic heterocycles. The summed E-state index contributed by atoms with van der Waals surface area (Å²) in [6.07, 6.45) is 4.93. The second-order valence-corrected chi connectivity index (χ2v) is 6.32. The van der Waals surface area contributed by atoms with Gasteiger partial charge in [0.15, 0.2) is 0 Å². The first kappa shape index (κ1) is 19.1. The lowest BCUT2D eigenvalue weighted by Gasteiger charge is -2.27. The zero-order chi connectivity index (χ0) is 18.9. The van der Waals surface area contributed by atoms with Gasteiger partial charge in [-0.3, -0.25) is 9.69 Å². The van der Waals surface area contributed by atoms with E-state index in [0.717, 1.165) is 11.1 Å². The SMILES string of the molecule is O=C(OCc1ccccc1)N1C=CC=C(COCC(=O)N2CCOCC2)C1. The van der Waals surface area contributed by atoms with Crippen molar-refractivity contribution in [2.24, 2.45) is 0 Å². The van der Waals surface area contributed by atoms with E-state index in [1.165, 1.54) is 4.90 Å². The molecule has 0 aromatic heterocycles. The van der Waals surface area contributed by atoms with Gasteiger partial charge in [0.05, 0.1) is 26.4 Å². The van der Waals surface area contributed by atoms with Crippen LogP contribution in [0.25, 0.3) is 0 Å². The highest BCUT2D eigenvalue weighted by Crippen LogP contribution is 2.11.